The summed E-state index contributed by atoms with van der Waals surface area (Å²) < 4.78 is 46.3. The van der Waals surface area contributed by atoms with Crippen molar-refractivity contribution >= 4 is 59.2 Å². The molecule has 5 aliphatic heterocycles. The van der Waals surface area contributed by atoms with Gasteiger partial charge in [0.1, 0.15) is 13.2 Å². The van der Waals surface area contributed by atoms with E-state index in [9.17, 15) is 28.8 Å². The summed E-state index contributed by atoms with van der Waals surface area (Å²) in [5.74, 6) is -0.107. The lowest BCUT2D eigenvalue weighted by Gasteiger charge is -2.20. The van der Waals surface area contributed by atoms with E-state index in [1.807, 2.05) is 18.2 Å². The number of carbonyl (C=O) groups is 6. The lowest BCUT2D eigenvalue weighted by Crippen LogP contribution is -2.35. The second-order valence-corrected chi connectivity index (χ2v) is 18.5. The van der Waals surface area contributed by atoms with Crippen LogP contribution in [0.25, 0.3) is 0 Å². The number of rotatable bonds is 28. The van der Waals surface area contributed by atoms with Gasteiger partial charge in [0.05, 0.1) is 102 Å². The molecule has 2 saturated heterocycles. The first kappa shape index (κ1) is 54.5. The van der Waals surface area contributed by atoms with Gasteiger partial charge < -0.3 is 58.3 Å². The number of benzene rings is 3. The number of ether oxygens (including phenoxy) is 8. The normalized spacial score (nSPS) is 17.4. The number of methoxy groups -OCH3 is 2. The Hall–Kier alpha value is -7.72. The van der Waals surface area contributed by atoms with Crippen LogP contribution in [0, 0.1) is 0 Å². The lowest BCUT2D eigenvalue weighted by molar-refractivity contribution is -0.137. The van der Waals surface area contributed by atoms with Gasteiger partial charge in [-0.1, -0.05) is 36.4 Å². The van der Waals surface area contributed by atoms with Crippen LogP contribution in [0.3, 0.4) is 0 Å². The highest BCUT2D eigenvalue weighted by Crippen LogP contribution is 2.41. The van der Waals surface area contributed by atoms with Crippen molar-refractivity contribution in [1.29, 1.82) is 0 Å². The number of nitrogens with zero attached hydrogens (tertiary/aromatic N) is 5. The maximum absolute atomic E-state index is 13.6. The topological polar surface area (TPSA) is 235 Å². The third-order valence-corrected chi connectivity index (χ3v) is 12.9. The minimum absolute atomic E-state index is 0.0170. The summed E-state index contributed by atoms with van der Waals surface area (Å²) in [4.78, 5) is 89.2. The zero-order valence-corrected chi connectivity index (χ0v) is 42.8. The van der Waals surface area contributed by atoms with Crippen molar-refractivity contribution in [3.05, 3.63) is 107 Å². The number of hydrogen-bond donors (Lipinski definition) is 2. The molecule has 0 radical (unpaired) electrons. The average molecular weight is 1050 g/mol. The Morgan fingerprint density at radius 2 is 1.04 bits per heavy atom. The minimum Gasteiger partial charge on any atom is -0.493 e. The van der Waals surface area contributed by atoms with Gasteiger partial charge in [-0.05, 0) is 47.7 Å². The van der Waals surface area contributed by atoms with Crippen molar-refractivity contribution in [2.75, 3.05) is 93.3 Å². The summed E-state index contributed by atoms with van der Waals surface area (Å²) in [6.07, 6.45) is 7.37. The summed E-state index contributed by atoms with van der Waals surface area (Å²) in [6, 6.07) is 12.2. The molecule has 0 spiro atoms. The van der Waals surface area contributed by atoms with Crippen LogP contribution < -0.4 is 29.6 Å². The second-order valence-electron chi connectivity index (χ2n) is 18.5. The predicted molar refractivity (Wildman–Crippen MR) is 278 cm³/mol. The van der Waals surface area contributed by atoms with E-state index in [0.29, 0.717) is 104 Å². The molecule has 8 rings (SSSR count). The average Bonchev–Trinajstić information content (AvgIpc) is 4.05. The zero-order chi connectivity index (χ0) is 53.6. The van der Waals surface area contributed by atoms with Crippen molar-refractivity contribution in [3.63, 3.8) is 0 Å². The van der Waals surface area contributed by atoms with Crippen molar-refractivity contribution in [3.8, 4) is 23.0 Å². The third kappa shape index (κ3) is 14.2. The van der Waals surface area contributed by atoms with E-state index >= 15 is 0 Å². The minimum atomic E-state index is -0.420. The Morgan fingerprint density at radius 1 is 0.579 bits per heavy atom. The molecule has 2 atom stereocenters. The van der Waals surface area contributed by atoms with Gasteiger partial charge in [-0.25, -0.2) is 0 Å². The first-order chi connectivity index (χ1) is 36.9. The van der Waals surface area contributed by atoms with Crippen molar-refractivity contribution in [1.82, 2.24) is 25.3 Å². The number of nitrogens with one attached hydrogen (secondary N) is 2. The van der Waals surface area contributed by atoms with Gasteiger partial charge in [-0.15, -0.1) is 0 Å². The summed E-state index contributed by atoms with van der Waals surface area (Å²) in [6.45, 7) is 12.2. The van der Waals surface area contributed by atoms with Crippen molar-refractivity contribution < 1.29 is 66.7 Å². The number of fused-ring (bicyclic) bond motifs is 4. The van der Waals surface area contributed by atoms with Gasteiger partial charge in [0.25, 0.3) is 23.6 Å². The molecular weight excluding hydrogens is 983 g/mol. The largest absolute Gasteiger partial charge is 0.493 e. The molecule has 21 nitrogen and oxygen atoms in total. The molecule has 0 unspecified atom stereocenters. The van der Waals surface area contributed by atoms with Crippen LogP contribution in [0.2, 0.25) is 0 Å². The molecule has 0 bridgehead atoms. The molecule has 21 heteroatoms. The first-order valence-corrected chi connectivity index (χ1v) is 25.1. The molecule has 6 amide bonds. The van der Waals surface area contributed by atoms with Gasteiger partial charge in [0.2, 0.25) is 11.8 Å². The maximum Gasteiger partial charge on any atom is 0.257 e. The molecule has 0 aromatic heterocycles. The van der Waals surface area contributed by atoms with E-state index in [-0.39, 0.29) is 101 Å². The van der Waals surface area contributed by atoms with Crippen molar-refractivity contribution in [2.45, 2.75) is 57.5 Å². The maximum atomic E-state index is 13.6. The summed E-state index contributed by atoms with van der Waals surface area (Å²) >= 11 is 0. The molecule has 3 aromatic rings. The lowest BCUT2D eigenvalue weighted by atomic mass is 10.1. The molecule has 5 heterocycles. The number of amides is 6. The first-order valence-electron chi connectivity index (χ1n) is 25.1. The van der Waals surface area contributed by atoms with Gasteiger partial charge in [0.15, 0.2) is 23.0 Å². The highest BCUT2D eigenvalue weighted by atomic mass is 16.6. The monoisotopic (exact) mass is 1050 g/mol. The van der Waals surface area contributed by atoms with Crippen LogP contribution in [0.5, 0.6) is 23.0 Å². The highest BCUT2D eigenvalue weighted by Gasteiger charge is 2.36. The smallest absolute Gasteiger partial charge is 0.257 e. The van der Waals surface area contributed by atoms with Gasteiger partial charge in [-0.2, -0.15) is 0 Å². The molecule has 3 aromatic carbocycles. The van der Waals surface area contributed by atoms with Crippen LogP contribution in [-0.2, 0) is 57.9 Å². The van der Waals surface area contributed by atoms with Gasteiger partial charge >= 0.3 is 0 Å². The molecule has 0 saturated carbocycles. The third-order valence-electron chi connectivity index (χ3n) is 12.9. The van der Waals surface area contributed by atoms with Crippen LogP contribution in [0.15, 0.2) is 88.9 Å². The van der Waals surface area contributed by atoms with E-state index in [2.05, 4.69) is 33.8 Å². The number of carbonyl (C=O) groups excluding carboxylic acids is 6. The van der Waals surface area contributed by atoms with Crippen LogP contribution in [0.1, 0.15) is 63.1 Å². The summed E-state index contributed by atoms with van der Waals surface area (Å²) in [5, 5.41) is 5.66. The standard InChI is InChI=1S/C55H63N7O14/c1-35-19-40-29-57-44-26-48(46(69-3)24-42(44)54(67)61(40)31-35)75-33-38-21-37(22-39(23-38)34-76-49-27-45-43(25-47(49)70-4)55(68)62-32-36(2)20-41(62)30-58-45)28-59-51(64)8-11-71-13-15-73-17-18-74-16-14-72-12-9-56-50(63)7-10-60-52(65)5-6-53(60)66/h5-6,21-27,29-30,40-41H,1-2,7-20,28,31-34H2,3-4H3,(H,56,63)(H,59,64)/t40-,41-/m0/s1. The molecule has 402 valence electrons. The SMILES string of the molecule is C=C1C[C@H]2C=Nc3cc(OCc4cc(CNC(=O)CCOCCOCCOCCOCCNC(=O)CCN5C(=O)C=CC5=O)cc(COc5cc6c(cc5OC)C(=O)N5CC(=C)C[C@H]5C=N6)c4)c(OC)cc3C(=O)N2C1. The van der Waals surface area contributed by atoms with Gasteiger partial charge in [0, 0.05) is 82.3 Å². The van der Waals surface area contributed by atoms with E-state index in [1.54, 1.807) is 46.5 Å². The fraction of sp³-hybridized carbons (Fsp3) is 0.418. The number of aliphatic imine (C=N–C) groups is 2. The second kappa shape index (κ2) is 26.2. The Balaban J connectivity index is 0.796. The summed E-state index contributed by atoms with van der Waals surface area (Å²) in [5.41, 5.74) is 6.02. The fourth-order valence-electron chi connectivity index (χ4n) is 9.07. The Bertz CT molecular complexity index is 2660. The Kier molecular flexibility index (Phi) is 18.8. The summed E-state index contributed by atoms with van der Waals surface area (Å²) in [7, 11) is 3.03. The van der Waals surface area contributed by atoms with Crippen molar-refractivity contribution in [2.24, 2.45) is 9.98 Å². The Labute approximate surface area is 440 Å². The molecular formula is C55H63N7O14. The van der Waals surface area contributed by atoms with Gasteiger partial charge in [-0.3, -0.25) is 43.7 Å². The quantitative estimate of drug-likeness (QED) is 0.0585. The van der Waals surface area contributed by atoms with Crippen LogP contribution in [-0.4, -0.2) is 168 Å². The molecule has 2 fully saturated rings. The van der Waals surface area contributed by atoms with E-state index < -0.39 is 11.8 Å². The number of imide groups is 1. The molecule has 5 aliphatic rings. The zero-order valence-electron chi connectivity index (χ0n) is 42.8. The fourth-order valence-corrected chi connectivity index (χ4v) is 9.07. The van der Waals surface area contributed by atoms with Crippen LogP contribution >= 0.6 is 0 Å². The number of hydrogen-bond acceptors (Lipinski definition) is 16. The van der Waals surface area contributed by atoms with Crippen LogP contribution in [0.4, 0.5) is 11.4 Å². The molecule has 2 N–H and O–H groups in total. The van der Waals surface area contributed by atoms with E-state index in [0.717, 1.165) is 32.7 Å². The predicted octanol–water partition coefficient (Wildman–Crippen LogP) is 4.34. The van der Waals surface area contributed by atoms with E-state index in [4.69, 9.17) is 37.9 Å². The highest BCUT2D eigenvalue weighted by molar-refractivity contribution is 6.13. The molecule has 0 aliphatic carbocycles. The molecule has 76 heavy (non-hydrogen) atoms. The Morgan fingerprint density at radius 3 is 1.54 bits per heavy atom. The van der Waals surface area contributed by atoms with E-state index in [1.165, 1.54) is 26.4 Å².